The van der Waals surface area contributed by atoms with Crippen molar-refractivity contribution in [1.29, 1.82) is 5.41 Å². The summed E-state index contributed by atoms with van der Waals surface area (Å²) in [6, 6.07) is -1.69. The molecule has 0 aromatic rings. The highest BCUT2D eigenvalue weighted by atomic mass is 16.4. The van der Waals surface area contributed by atoms with Gasteiger partial charge in [-0.1, -0.05) is 109 Å². The van der Waals surface area contributed by atoms with E-state index in [9.17, 15) is 19.5 Å². The van der Waals surface area contributed by atoms with Gasteiger partial charge >= 0.3 is 5.97 Å². The van der Waals surface area contributed by atoms with Crippen LogP contribution in [0.5, 0.6) is 0 Å². The van der Waals surface area contributed by atoms with Crippen LogP contribution in [0.1, 0.15) is 113 Å². The molecule has 0 radical (unpaired) electrons. The second-order valence-electron chi connectivity index (χ2n) is 12.1. The van der Waals surface area contributed by atoms with Crippen LogP contribution in [0.15, 0.2) is 65.8 Å². The molecule has 8 N–H and O–H groups in total. The maximum atomic E-state index is 12.7. The van der Waals surface area contributed by atoms with Crippen LogP contribution in [0.25, 0.3) is 0 Å². The van der Waals surface area contributed by atoms with E-state index < -0.39 is 24.0 Å². The number of nitrogens with zero attached hydrogens (tertiary/aromatic N) is 2. The molecule has 2 unspecified atom stereocenters. The second kappa shape index (κ2) is 33.7. The third-order valence-electron chi connectivity index (χ3n) is 6.27. The van der Waals surface area contributed by atoms with E-state index in [0.717, 1.165) is 38.5 Å². The van der Waals surface area contributed by atoms with Gasteiger partial charge in [0.1, 0.15) is 12.1 Å². The fraction of sp³-hybridized carbons (Fsp3) is 0.605. The highest BCUT2D eigenvalue weighted by Crippen LogP contribution is 2.10. The Balaban J connectivity index is -0.00000165. The number of carbonyl (C=O) groups is 3. The zero-order chi connectivity index (χ0) is 38.0. The van der Waals surface area contributed by atoms with E-state index in [-0.39, 0.29) is 29.7 Å². The summed E-state index contributed by atoms with van der Waals surface area (Å²) >= 11 is 0. The maximum absolute atomic E-state index is 12.7. The number of aliphatic imine (C=N–C) groups is 1. The Hall–Kier alpha value is -4.15. The van der Waals surface area contributed by atoms with Crippen molar-refractivity contribution in [1.82, 2.24) is 15.5 Å². The summed E-state index contributed by atoms with van der Waals surface area (Å²) < 4.78 is 0. The van der Waals surface area contributed by atoms with Crippen LogP contribution in [0.4, 0.5) is 0 Å². The minimum absolute atomic E-state index is 0.0509. The number of unbranched alkanes of at least 4 members (excludes halogenated alkanes) is 1. The normalized spacial score (nSPS) is 12.6. The zero-order valence-electron chi connectivity index (χ0n) is 31.9. The van der Waals surface area contributed by atoms with Gasteiger partial charge in [-0.3, -0.25) is 15.0 Å². The van der Waals surface area contributed by atoms with Gasteiger partial charge in [0, 0.05) is 20.5 Å². The molecule has 0 rings (SSSR count). The number of allylic oxidation sites excluding steroid dienone is 10. The van der Waals surface area contributed by atoms with Crippen molar-refractivity contribution < 1.29 is 19.5 Å². The molecule has 11 nitrogen and oxygen atoms in total. The number of rotatable bonds is 21. The molecule has 0 aromatic carbocycles. The number of hydrogen-bond donors (Lipinski definition) is 6. The first-order chi connectivity index (χ1) is 23.2. The molecular formula is C38H69N7O4. The lowest BCUT2D eigenvalue weighted by molar-refractivity contribution is -0.142. The molecule has 0 bridgehead atoms. The number of guanidine groups is 2. The fourth-order valence-corrected chi connectivity index (χ4v) is 3.91. The van der Waals surface area contributed by atoms with E-state index in [0.29, 0.717) is 25.7 Å². The third kappa shape index (κ3) is 35.0. The summed E-state index contributed by atoms with van der Waals surface area (Å²) in [6.45, 7) is 13.9. The van der Waals surface area contributed by atoms with Gasteiger partial charge in [-0.05, 0) is 69.6 Å². The lowest BCUT2D eigenvalue weighted by Crippen LogP contribution is -2.52. The van der Waals surface area contributed by atoms with E-state index in [2.05, 4.69) is 83.3 Å². The Morgan fingerprint density at radius 3 is 1.55 bits per heavy atom. The summed E-state index contributed by atoms with van der Waals surface area (Å²) in [4.78, 5) is 41.6. The Morgan fingerprint density at radius 2 is 1.18 bits per heavy atom. The average Bonchev–Trinajstić information content (AvgIpc) is 3.02. The molecular weight excluding hydrogens is 618 g/mol. The smallest absolute Gasteiger partial charge is 0.326 e. The minimum atomic E-state index is -1.06. The van der Waals surface area contributed by atoms with Crippen molar-refractivity contribution in [2.75, 3.05) is 14.1 Å². The minimum Gasteiger partial charge on any atom is -0.480 e. The summed E-state index contributed by atoms with van der Waals surface area (Å²) in [7, 11) is 3.38. The van der Waals surface area contributed by atoms with Gasteiger partial charge in [-0.2, -0.15) is 4.99 Å². The lowest BCUT2D eigenvalue weighted by Gasteiger charge is -2.23. The van der Waals surface area contributed by atoms with Crippen LogP contribution in [0.2, 0.25) is 0 Å². The molecule has 2 amide bonds. The van der Waals surface area contributed by atoms with E-state index in [1.54, 1.807) is 14.1 Å². The van der Waals surface area contributed by atoms with E-state index in [1.165, 1.54) is 4.90 Å². The Bertz CT molecular complexity index is 1070. The number of amides is 2. The Morgan fingerprint density at radius 1 is 0.755 bits per heavy atom. The highest BCUT2D eigenvalue weighted by molar-refractivity contribution is 5.91. The summed E-state index contributed by atoms with van der Waals surface area (Å²) in [5.41, 5.74) is 9.98. The predicted octanol–water partition coefficient (Wildman–Crippen LogP) is 6.84. The van der Waals surface area contributed by atoms with Crippen molar-refractivity contribution in [2.24, 2.45) is 28.3 Å². The Kier molecular flexibility index (Phi) is 33.9. The molecule has 280 valence electrons. The van der Waals surface area contributed by atoms with Crippen molar-refractivity contribution in [3.8, 4) is 0 Å². The average molecular weight is 688 g/mol. The molecule has 0 spiro atoms. The van der Waals surface area contributed by atoms with Crippen LogP contribution in [0, 0.1) is 17.2 Å². The number of carbonyl (C=O) groups excluding carboxylic acids is 2. The van der Waals surface area contributed by atoms with E-state index >= 15 is 0 Å². The number of carboxylic acids is 1. The van der Waals surface area contributed by atoms with Gasteiger partial charge in [0.05, 0.1) is 0 Å². The number of nitrogens with two attached hydrogens (primary N) is 2. The molecule has 0 aliphatic carbocycles. The van der Waals surface area contributed by atoms with Crippen molar-refractivity contribution in [2.45, 2.75) is 125 Å². The van der Waals surface area contributed by atoms with Crippen LogP contribution in [-0.4, -0.2) is 65.9 Å². The molecule has 0 saturated heterocycles. The standard InChI is InChI=1S/C32H52N2O4.C4H11N5.C2H6/c1-6-7-8-9-10-11-12-13-14-15-16-17-18-19-20-21-22-23-30(35)33-28(24-26(2)3)31(36)34-29(32(37)38)25-27(4)5;1-9(2)4(7)8-3(5)6;1-2/h7-8,10-11,13-14,16-17,19-20,26-29H,6,9,12,15,18,21-25H2,1-5H3,(H,33,35)(H,34,36)(H,37,38);1-2H3,(H5,5,6,7,8);1-2H3/b8-7-,11-10-,14-13-,17-16-,20-19-;;. The largest absolute Gasteiger partial charge is 0.480 e. The molecule has 49 heavy (non-hydrogen) atoms. The van der Waals surface area contributed by atoms with Gasteiger partial charge in [-0.25, -0.2) is 4.79 Å². The second-order valence-corrected chi connectivity index (χ2v) is 12.1. The fourth-order valence-electron chi connectivity index (χ4n) is 3.91. The number of carboxylic acid groups (broad SMARTS) is 1. The van der Waals surface area contributed by atoms with Crippen molar-refractivity contribution in [3.05, 3.63) is 60.8 Å². The first kappa shape index (κ1) is 49.2. The number of aliphatic carboxylic acids is 1. The van der Waals surface area contributed by atoms with Crippen LogP contribution >= 0.6 is 0 Å². The van der Waals surface area contributed by atoms with Crippen molar-refractivity contribution in [3.63, 3.8) is 0 Å². The van der Waals surface area contributed by atoms with Gasteiger partial charge in [-0.15, -0.1) is 0 Å². The SMILES string of the molecule is CC.CC/C=C\C/C=C\C/C=C\C/C=C\C/C=C\CCCC(=O)NC(CC(C)C)C(=O)NC(CC(C)C)C(=O)O.CN(C)C(=N)N=C(N)N. The highest BCUT2D eigenvalue weighted by Gasteiger charge is 2.27. The topological polar surface area (TPSA) is 187 Å². The summed E-state index contributed by atoms with van der Waals surface area (Å²) in [6.07, 6.45) is 29.0. The molecule has 0 saturated carbocycles. The molecule has 0 aromatic heterocycles. The molecule has 0 aliphatic rings. The summed E-state index contributed by atoms with van der Waals surface area (Å²) in [5.74, 6) is -1.40. The first-order valence-electron chi connectivity index (χ1n) is 17.6. The molecule has 0 aliphatic heterocycles. The molecule has 0 heterocycles. The number of hydrogen-bond acceptors (Lipinski definition) is 4. The van der Waals surface area contributed by atoms with Crippen LogP contribution in [-0.2, 0) is 14.4 Å². The quantitative estimate of drug-likeness (QED) is 0.0330. The van der Waals surface area contributed by atoms with E-state index in [1.807, 2.05) is 41.5 Å². The van der Waals surface area contributed by atoms with Crippen LogP contribution in [0.3, 0.4) is 0 Å². The number of nitrogens with one attached hydrogen (secondary N) is 3. The Labute approximate surface area is 297 Å². The lowest BCUT2D eigenvalue weighted by atomic mass is 10.0. The predicted molar refractivity (Wildman–Crippen MR) is 207 cm³/mol. The van der Waals surface area contributed by atoms with E-state index in [4.69, 9.17) is 16.9 Å². The summed E-state index contributed by atoms with van der Waals surface area (Å²) in [5, 5.41) is 21.9. The molecule has 11 heteroatoms. The van der Waals surface area contributed by atoms with Gasteiger partial charge in [0.2, 0.25) is 17.8 Å². The van der Waals surface area contributed by atoms with Gasteiger partial charge < -0.3 is 32.1 Å². The molecule has 2 atom stereocenters. The van der Waals surface area contributed by atoms with Crippen LogP contribution < -0.4 is 22.1 Å². The first-order valence-corrected chi connectivity index (χ1v) is 17.6. The maximum Gasteiger partial charge on any atom is 0.326 e. The van der Waals surface area contributed by atoms with Crippen molar-refractivity contribution >= 4 is 29.7 Å². The van der Waals surface area contributed by atoms with Gasteiger partial charge in [0.25, 0.3) is 0 Å². The molecule has 0 fully saturated rings. The third-order valence-corrected chi connectivity index (χ3v) is 6.27. The monoisotopic (exact) mass is 688 g/mol. The zero-order valence-corrected chi connectivity index (χ0v) is 31.9. The van der Waals surface area contributed by atoms with Gasteiger partial charge in [0.15, 0.2) is 5.96 Å².